The van der Waals surface area contributed by atoms with Gasteiger partial charge in [0.1, 0.15) is 5.75 Å². The second-order valence-electron chi connectivity index (χ2n) is 4.51. The molecule has 0 saturated carbocycles. The van der Waals surface area contributed by atoms with Gasteiger partial charge in [-0.25, -0.2) is 0 Å². The van der Waals surface area contributed by atoms with Crippen molar-refractivity contribution in [2.75, 3.05) is 6.54 Å². The summed E-state index contributed by atoms with van der Waals surface area (Å²) in [5, 5.41) is 9.76. The second-order valence-corrected chi connectivity index (χ2v) is 4.51. The third-order valence-corrected chi connectivity index (χ3v) is 2.59. The summed E-state index contributed by atoms with van der Waals surface area (Å²) in [6.45, 7) is 5.22. The minimum atomic E-state index is -0.580. The molecule has 0 unspecified atom stereocenters. The van der Waals surface area contributed by atoms with Gasteiger partial charge in [-0.3, -0.25) is 9.59 Å². The molecule has 0 aromatic heterocycles. The molecule has 2 amide bonds. The van der Waals surface area contributed by atoms with E-state index in [0.717, 1.165) is 5.56 Å². The summed E-state index contributed by atoms with van der Waals surface area (Å²) in [7, 11) is 0. The number of rotatable bonds is 4. The summed E-state index contributed by atoms with van der Waals surface area (Å²) in [6.07, 6.45) is 0. The van der Waals surface area contributed by atoms with E-state index in [4.69, 9.17) is 5.73 Å². The number of nitrogens with two attached hydrogens (primary N) is 1. The Morgan fingerprint density at radius 3 is 2.44 bits per heavy atom. The van der Waals surface area contributed by atoms with E-state index in [9.17, 15) is 14.7 Å². The third kappa shape index (κ3) is 3.23. The molecule has 1 rings (SSSR count). The van der Waals surface area contributed by atoms with Crippen molar-refractivity contribution in [3.8, 4) is 5.75 Å². The topological polar surface area (TPSA) is 83.6 Å². The fourth-order valence-corrected chi connectivity index (χ4v) is 1.63. The molecule has 0 atom stereocenters. The zero-order valence-corrected chi connectivity index (χ0v) is 10.8. The lowest BCUT2D eigenvalue weighted by molar-refractivity contribution is -0.119. The molecule has 0 aliphatic heterocycles. The SMILES string of the molecule is Cc1ccc(C(=O)N(CC(N)=O)C(C)C)c(O)c1. The fourth-order valence-electron chi connectivity index (χ4n) is 1.63. The number of nitrogens with zero attached hydrogens (tertiary/aromatic N) is 1. The summed E-state index contributed by atoms with van der Waals surface area (Å²) >= 11 is 0. The maximum absolute atomic E-state index is 12.2. The summed E-state index contributed by atoms with van der Waals surface area (Å²) in [4.78, 5) is 24.5. The molecule has 1 aromatic carbocycles. The molecule has 0 radical (unpaired) electrons. The molecule has 0 spiro atoms. The average Bonchev–Trinajstić information content (AvgIpc) is 2.24. The number of hydrogen-bond donors (Lipinski definition) is 2. The Morgan fingerprint density at radius 1 is 1.39 bits per heavy atom. The molecular weight excluding hydrogens is 232 g/mol. The smallest absolute Gasteiger partial charge is 0.258 e. The van der Waals surface area contributed by atoms with Gasteiger partial charge >= 0.3 is 0 Å². The van der Waals surface area contributed by atoms with E-state index < -0.39 is 11.8 Å². The number of carbonyl (C=O) groups is 2. The minimum absolute atomic E-state index is 0.0879. The van der Waals surface area contributed by atoms with Crippen molar-refractivity contribution in [1.29, 1.82) is 0 Å². The lowest BCUT2D eigenvalue weighted by atomic mass is 10.1. The largest absolute Gasteiger partial charge is 0.507 e. The zero-order chi connectivity index (χ0) is 13.9. The summed E-state index contributed by atoms with van der Waals surface area (Å²) in [5.41, 5.74) is 6.15. The predicted octanol–water partition coefficient (Wildman–Crippen LogP) is 1.04. The highest BCUT2D eigenvalue weighted by Crippen LogP contribution is 2.21. The van der Waals surface area contributed by atoms with Gasteiger partial charge in [0, 0.05) is 6.04 Å². The van der Waals surface area contributed by atoms with Crippen LogP contribution in [0.25, 0.3) is 0 Å². The van der Waals surface area contributed by atoms with Gasteiger partial charge in [-0.05, 0) is 38.5 Å². The number of amides is 2. The molecule has 0 aliphatic carbocycles. The van der Waals surface area contributed by atoms with E-state index in [-0.39, 0.29) is 23.9 Å². The van der Waals surface area contributed by atoms with Crippen LogP contribution in [0.1, 0.15) is 29.8 Å². The van der Waals surface area contributed by atoms with E-state index >= 15 is 0 Å². The number of primary amides is 1. The number of carbonyl (C=O) groups excluding carboxylic acids is 2. The van der Waals surface area contributed by atoms with Crippen molar-refractivity contribution < 1.29 is 14.7 Å². The van der Waals surface area contributed by atoms with Crippen molar-refractivity contribution in [2.45, 2.75) is 26.8 Å². The van der Waals surface area contributed by atoms with E-state index in [1.54, 1.807) is 26.0 Å². The quantitative estimate of drug-likeness (QED) is 0.837. The molecule has 18 heavy (non-hydrogen) atoms. The first-order valence-corrected chi connectivity index (χ1v) is 5.71. The average molecular weight is 250 g/mol. The molecule has 1 aromatic rings. The molecule has 0 bridgehead atoms. The number of aromatic hydroxyl groups is 1. The third-order valence-electron chi connectivity index (χ3n) is 2.59. The van der Waals surface area contributed by atoms with Gasteiger partial charge in [-0.15, -0.1) is 0 Å². The van der Waals surface area contributed by atoms with Crippen molar-refractivity contribution >= 4 is 11.8 Å². The van der Waals surface area contributed by atoms with Gasteiger partial charge in [0.05, 0.1) is 12.1 Å². The Labute approximate surface area is 106 Å². The monoisotopic (exact) mass is 250 g/mol. The maximum Gasteiger partial charge on any atom is 0.258 e. The van der Waals surface area contributed by atoms with E-state index in [2.05, 4.69) is 0 Å². The maximum atomic E-state index is 12.2. The molecule has 3 N–H and O–H groups in total. The Bertz CT molecular complexity index is 469. The van der Waals surface area contributed by atoms with Crippen LogP contribution in [0, 0.1) is 6.92 Å². The highest BCUT2D eigenvalue weighted by atomic mass is 16.3. The molecule has 0 fully saturated rings. The van der Waals surface area contributed by atoms with Gasteiger partial charge in [0.2, 0.25) is 5.91 Å². The van der Waals surface area contributed by atoms with Crippen molar-refractivity contribution in [1.82, 2.24) is 4.90 Å². The number of phenolic OH excluding ortho intramolecular Hbond substituents is 1. The van der Waals surface area contributed by atoms with Crippen molar-refractivity contribution in [3.63, 3.8) is 0 Å². The molecule has 98 valence electrons. The Morgan fingerprint density at radius 2 is 2.00 bits per heavy atom. The minimum Gasteiger partial charge on any atom is -0.507 e. The molecule has 0 saturated heterocycles. The van der Waals surface area contributed by atoms with Crippen LogP contribution in [-0.2, 0) is 4.79 Å². The predicted molar refractivity (Wildman–Crippen MR) is 68.2 cm³/mol. The number of aryl methyl sites for hydroxylation is 1. The summed E-state index contributed by atoms with van der Waals surface area (Å²) < 4.78 is 0. The Kier molecular flexibility index (Phi) is 4.31. The van der Waals surface area contributed by atoms with Crippen LogP contribution < -0.4 is 5.73 Å². The number of benzene rings is 1. The summed E-state index contributed by atoms with van der Waals surface area (Å²) in [6, 6.07) is 4.61. The first kappa shape index (κ1) is 14.0. The molecular formula is C13H18N2O3. The van der Waals surface area contributed by atoms with Gasteiger partial charge in [0.25, 0.3) is 5.91 Å². The normalized spacial score (nSPS) is 10.4. The van der Waals surface area contributed by atoms with E-state index in [1.165, 1.54) is 11.0 Å². The molecule has 0 aliphatic rings. The molecule has 5 heteroatoms. The summed E-state index contributed by atoms with van der Waals surface area (Å²) in [5.74, 6) is -1.07. The van der Waals surface area contributed by atoms with Gasteiger partial charge in [-0.2, -0.15) is 0 Å². The van der Waals surface area contributed by atoms with Crippen LogP contribution >= 0.6 is 0 Å². The van der Waals surface area contributed by atoms with Crippen LogP contribution in [-0.4, -0.2) is 34.4 Å². The van der Waals surface area contributed by atoms with Crippen LogP contribution in [0.5, 0.6) is 5.75 Å². The van der Waals surface area contributed by atoms with Crippen LogP contribution in [0.15, 0.2) is 18.2 Å². The standard InChI is InChI=1S/C13H18N2O3/c1-8(2)15(7-12(14)17)13(18)10-5-4-9(3)6-11(10)16/h4-6,8,16H,7H2,1-3H3,(H2,14,17). The molecule has 0 heterocycles. The number of hydrogen-bond acceptors (Lipinski definition) is 3. The molecule has 5 nitrogen and oxygen atoms in total. The van der Waals surface area contributed by atoms with Crippen LogP contribution in [0.2, 0.25) is 0 Å². The Balaban J connectivity index is 3.05. The van der Waals surface area contributed by atoms with Gasteiger partial charge < -0.3 is 15.7 Å². The highest BCUT2D eigenvalue weighted by molar-refractivity contribution is 5.98. The zero-order valence-electron chi connectivity index (χ0n) is 10.8. The second kappa shape index (κ2) is 5.53. The van der Waals surface area contributed by atoms with Crippen LogP contribution in [0.4, 0.5) is 0 Å². The van der Waals surface area contributed by atoms with Gasteiger partial charge in [-0.1, -0.05) is 6.07 Å². The van der Waals surface area contributed by atoms with Crippen LogP contribution in [0.3, 0.4) is 0 Å². The van der Waals surface area contributed by atoms with Crippen molar-refractivity contribution in [2.24, 2.45) is 5.73 Å². The lowest BCUT2D eigenvalue weighted by Gasteiger charge is -2.25. The lowest BCUT2D eigenvalue weighted by Crippen LogP contribution is -2.42. The number of phenols is 1. The first-order chi connectivity index (χ1) is 8.32. The van der Waals surface area contributed by atoms with E-state index in [1.807, 2.05) is 6.92 Å². The fraction of sp³-hybridized carbons (Fsp3) is 0.385. The first-order valence-electron chi connectivity index (χ1n) is 5.71. The van der Waals surface area contributed by atoms with Gasteiger partial charge in [0.15, 0.2) is 0 Å². The Hall–Kier alpha value is -2.04. The van der Waals surface area contributed by atoms with Crippen molar-refractivity contribution in [3.05, 3.63) is 29.3 Å². The van der Waals surface area contributed by atoms with E-state index in [0.29, 0.717) is 0 Å². The highest BCUT2D eigenvalue weighted by Gasteiger charge is 2.22.